The van der Waals surface area contributed by atoms with Crippen LogP contribution in [-0.2, 0) is 12.8 Å². The van der Waals surface area contributed by atoms with Crippen molar-refractivity contribution in [1.29, 1.82) is 0 Å². The molecule has 1 unspecified atom stereocenters. The molecule has 1 fully saturated rings. The minimum absolute atomic E-state index is 0.435. The van der Waals surface area contributed by atoms with Gasteiger partial charge in [-0.1, -0.05) is 74.4 Å². The van der Waals surface area contributed by atoms with Crippen LogP contribution >= 0.6 is 0 Å². The monoisotopic (exact) mass is 428 g/mol. The highest BCUT2D eigenvalue weighted by molar-refractivity contribution is 5.87. The third kappa shape index (κ3) is 6.22. The maximum Gasteiger partial charge on any atom is 0.0408 e. The summed E-state index contributed by atoms with van der Waals surface area (Å²) in [6.07, 6.45) is 6.44. The van der Waals surface area contributed by atoms with Gasteiger partial charge in [-0.2, -0.15) is 0 Å². The number of allylic oxidation sites excluding steroid dienone is 3. The van der Waals surface area contributed by atoms with E-state index in [2.05, 4.69) is 94.6 Å². The normalized spacial score (nSPS) is 17.7. The number of aliphatic imine (C=N–C) groups is 1. The van der Waals surface area contributed by atoms with Gasteiger partial charge in [0.1, 0.15) is 0 Å². The van der Waals surface area contributed by atoms with E-state index in [9.17, 15) is 0 Å². The lowest BCUT2D eigenvalue weighted by Gasteiger charge is -2.20. The average Bonchev–Trinajstić information content (AvgIpc) is 3.19. The van der Waals surface area contributed by atoms with Crippen molar-refractivity contribution in [3.05, 3.63) is 88.8 Å². The molecule has 1 atom stereocenters. The van der Waals surface area contributed by atoms with Crippen LogP contribution in [-0.4, -0.2) is 12.3 Å². The summed E-state index contributed by atoms with van der Waals surface area (Å²) < 4.78 is 0. The molecular formula is C30H40N2. The Morgan fingerprint density at radius 1 is 0.969 bits per heavy atom. The molecule has 32 heavy (non-hydrogen) atoms. The summed E-state index contributed by atoms with van der Waals surface area (Å²) >= 11 is 0. The van der Waals surface area contributed by atoms with E-state index in [0.717, 1.165) is 38.6 Å². The second kappa shape index (κ2) is 11.3. The van der Waals surface area contributed by atoms with Gasteiger partial charge in [0.15, 0.2) is 0 Å². The van der Waals surface area contributed by atoms with Crippen molar-refractivity contribution in [2.75, 3.05) is 11.4 Å². The van der Waals surface area contributed by atoms with E-state index in [1.165, 1.54) is 51.5 Å². The molecule has 0 N–H and O–H groups in total. The highest BCUT2D eigenvalue weighted by Gasteiger charge is 2.28. The standard InChI is InChI=1S/C30H40N2/c1-7-9-26-16-18-29(19-17-26)32-21-28(20-24(32)5)25(6)31-30(8-2)23(4)12-15-27-13-10-22(3)11-14-27/h10-11,13-14,16-19,28H,5,7-9,12,15,20-21H2,1-4,6H3/b30-23+,31-25+. The van der Waals surface area contributed by atoms with Gasteiger partial charge in [-0.25, -0.2) is 0 Å². The van der Waals surface area contributed by atoms with Crippen LogP contribution < -0.4 is 4.90 Å². The van der Waals surface area contributed by atoms with Gasteiger partial charge in [0.2, 0.25) is 0 Å². The van der Waals surface area contributed by atoms with Gasteiger partial charge >= 0.3 is 0 Å². The summed E-state index contributed by atoms with van der Waals surface area (Å²) in [7, 11) is 0. The van der Waals surface area contributed by atoms with Crippen LogP contribution in [0.15, 0.2) is 77.1 Å². The molecule has 0 bridgehead atoms. The molecule has 0 amide bonds. The van der Waals surface area contributed by atoms with E-state index in [1.54, 1.807) is 0 Å². The van der Waals surface area contributed by atoms with Gasteiger partial charge in [-0.3, -0.25) is 4.99 Å². The molecule has 0 saturated carbocycles. The molecule has 0 aromatic heterocycles. The number of rotatable bonds is 9. The lowest BCUT2D eigenvalue weighted by atomic mass is 10.0. The molecule has 2 heteroatoms. The van der Waals surface area contributed by atoms with E-state index in [0.29, 0.717) is 5.92 Å². The lowest BCUT2D eigenvalue weighted by molar-refractivity contribution is 0.783. The van der Waals surface area contributed by atoms with Gasteiger partial charge in [-0.15, -0.1) is 0 Å². The lowest BCUT2D eigenvalue weighted by Crippen LogP contribution is -2.21. The third-order valence-corrected chi connectivity index (χ3v) is 6.69. The van der Waals surface area contributed by atoms with Crippen molar-refractivity contribution in [2.24, 2.45) is 10.9 Å². The average molecular weight is 429 g/mol. The fourth-order valence-corrected chi connectivity index (χ4v) is 4.52. The molecule has 1 saturated heterocycles. The van der Waals surface area contributed by atoms with Crippen molar-refractivity contribution in [3.8, 4) is 0 Å². The first kappa shape index (κ1) is 24.0. The smallest absolute Gasteiger partial charge is 0.0408 e. The molecule has 3 rings (SSSR count). The third-order valence-electron chi connectivity index (χ3n) is 6.69. The van der Waals surface area contributed by atoms with Gasteiger partial charge in [-0.05, 0) is 76.1 Å². The highest BCUT2D eigenvalue weighted by atomic mass is 15.2. The SMILES string of the molecule is C=C1CC(/C(C)=N/C(CC)=C(\C)CCc2ccc(C)cc2)CN1c1ccc(CCC)cc1. The van der Waals surface area contributed by atoms with Crippen LogP contribution in [0.5, 0.6) is 0 Å². The number of nitrogens with zero attached hydrogens (tertiary/aromatic N) is 2. The Kier molecular flexibility index (Phi) is 8.50. The quantitative estimate of drug-likeness (QED) is 0.369. The van der Waals surface area contributed by atoms with E-state index in [-0.39, 0.29) is 0 Å². The number of benzene rings is 2. The summed E-state index contributed by atoms with van der Waals surface area (Å²) in [5.74, 6) is 0.435. The zero-order chi connectivity index (χ0) is 23.1. The van der Waals surface area contributed by atoms with E-state index in [1.807, 2.05) is 0 Å². The first-order chi connectivity index (χ1) is 15.4. The maximum atomic E-state index is 5.13. The van der Waals surface area contributed by atoms with Crippen LogP contribution in [0.3, 0.4) is 0 Å². The Morgan fingerprint density at radius 2 is 1.59 bits per heavy atom. The highest BCUT2D eigenvalue weighted by Crippen LogP contribution is 2.32. The minimum Gasteiger partial charge on any atom is -0.345 e. The first-order valence-corrected chi connectivity index (χ1v) is 12.2. The fourth-order valence-electron chi connectivity index (χ4n) is 4.52. The number of aryl methyl sites for hydroxylation is 3. The number of anilines is 1. The van der Waals surface area contributed by atoms with Gasteiger partial charge in [0.05, 0.1) is 0 Å². The first-order valence-electron chi connectivity index (χ1n) is 12.2. The maximum absolute atomic E-state index is 5.13. The topological polar surface area (TPSA) is 15.6 Å². The zero-order valence-corrected chi connectivity index (χ0v) is 20.7. The van der Waals surface area contributed by atoms with Crippen molar-refractivity contribution in [3.63, 3.8) is 0 Å². The van der Waals surface area contributed by atoms with Crippen LogP contribution in [0.4, 0.5) is 5.69 Å². The Morgan fingerprint density at radius 3 is 2.22 bits per heavy atom. The van der Waals surface area contributed by atoms with Crippen molar-refractivity contribution >= 4 is 11.4 Å². The van der Waals surface area contributed by atoms with Crippen LogP contribution in [0, 0.1) is 12.8 Å². The Labute approximate surface area is 195 Å². The van der Waals surface area contributed by atoms with Gasteiger partial charge in [0, 0.05) is 35.3 Å². The molecule has 2 nitrogen and oxygen atoms in total. The summed E-state index contributed by atoms with van der Waals surface area (Å²) in [5, 5.41) is 0. The van der Waals surface area contributed by atoms with E-state index < -0.39 is 0 Å². The minimum atomic E-state index is 0.435. The molecule has 1 aliphatic heterocycles. The molecule has 170 valence electrons. The van der Waals surface area contributed by atoms with E-state index in [4.69, 9.17) is 4.99 Å². The fraction of sp³-hybridized carbons (Fsp3) is 0.433. The van der Waals surface area contributed by atoms with Crippen molar-refractivity contribution in [2.45, 2.75) is 73.1 Å². The van der Waals surface area contributed by atoms with Crippen LogP contribution in [0.2, 0.25) is 0 Å². The van der Waals surface area contributed by atoms with Gasteiger partial charge in [0.25, 0.3) is 0 Å². The van der Waals surface area contributed by atoms with Crippen LogP contribution in [0.1, 0.15) is 70.1 Å². The number of hydrogen-bond acceptors (Lipinski definition) is 2. The summed E-state index contributed by atoms with van der Waals surface area (Å²) in [6, 6.07) is 17.9. The molecule has 0 spiro atoms. The molecule has 0 radical (unpaired) electrons. The molecule has 1 aliphatic rings. The van der Waals surface area contributed by atoms with E-state index >= 15 is 0 Å². The molecule has 2 aromatic rings. The predicted molar refractivity (Wildman–Crippen MR) is 141 cm³/mol. The Balaban J connectivity index is 1.67. The second-order valence-corrected chi connectivity index (χ2v) is 9.31. The second-order valence-electron chi connectivity index (χ2n) is 9.31. The van der Waals surface area contributed by atoms with Crippen molar-refractivity contribution in [1.82, 2.24) is 0 Å². The Hall–Kier alpha value is -2.61. The molecule has 1 heterocycles. The summed E-state index contributed by atoms with van der Waals surface area (Å²) in [5.41, 5.74) is 10.5. The predicted octanol–water partition coefficient (Wildman–Crippen LogP) is 8.07. The molecular weight excluding hydrogens is 388 g/mol. The Bertz CT molecular complexity index is 961. The van der Waals surface area contributed by atoms with Crippen LogP contribution in [0.25, 0.3) is 0 Å². The van der Waals surface area contributed by atoms with Crippen molar-refractivity contribution < 1.29 is 0 Å². The largest absolute Gasteiger partial charge is 0.345 e. The summed E-state index contributed by atoms with van der Waals surface area (Å²) in [6.45, 7) is 16.4. The zero-order valence-electron chi connectivity index (χ0n) is 20.7. The number of hydrogen-bond donors (Lipinski definition) is 0. The molecule has 0 aliphatic carbocycles. The molecule has 2 aromatic carbocycles. The summed E-state index contributed by atoms with van der Waals surface area (Å²) in [4.78, 5) is 7.51. The van der Waals surface area contributed by atoms with Gasteiger partial charge < -0.3 is 4.90 Å².